The largest absolute Gasteiger partial charge is 0.388 e. The predicted octanol–water partition coefficient (Wildman–Crippen LogP) is 2.19. The van der Waals surface area contributed by atoms with Crippen LogP contribution in [0, 0.1) is 0 Å². The number of hydrogen-bond donors (Lipinski definition) is 1. The van der Waals surface area contributed by atoms with Crippen molar-refractivity contribution in [2.75, 3.05) is 5.75 Å². The zero-order valence-electron chi connectivity index (χ0n) is 7.98. The van der Waals surface area contributed by atoms with Crippen molar-refractivity contribution < 1.29 is 13.5 Å². The van der Waals surface area contributed by atoms with Gasteiger partial charge in [0.25, 0.3) is 0 Å². The van der Waals surface area contributed by atoms with Crippen LogP contribution < -0.4 is 0 Å². The quantitative estimate of drug-likeness (QED) is 0.871. The van der Waals surface area contributed by atoms with E-state index < -0.39 is 25.5 Å². The van der Waals surface area contributed by atoms with E-state index in [0.29, 0.717) is 0 Å². The number of halogens is 3. The number of alkyl halides is 3. The van der Waals surface area contributed by atoms with Gasteiger partial charge in [0.05, 0.1) is 10.6 Å². The summed E-state index contributed by atoms with van der Waals surface area (Å²) in [7, 11) is -3.65. The number of aliphatic hydroxyl groups excluding tert-OH is 1. The maximum atomic E-state index is 11.8. The van der Waals surface area contributed by atoms with Crippen molar-refractivity contribution in [3.8, 4) is 0 Å². The van der Waals surface area contributed by atoms with E-state index in [0.717, 1.165) is 0 Å². The summed E-state index contributed by atoms with van der Waals surface area (Å²) in [6, 6.07) is 7.68. The molecule has 1 unspecified atom stereocenters. The van der Waals surface area contributed by atoms with Crippen molar-refractivity contribution in [2.45, 2.75) is 14.8 Å². The van der Waals surface area contributed by atoms with Gasteiger partial charge in [0.1, 0.15) is 6.10 Å². The van der Waals surface area contributed by atoms with E-state index in [9.17, 15) is 13.5 Å². The molecule has 0 aliphatic carbocycles. The first-order valence-corrected chi connectivity index (χ1v) is 7.05. The van der Waals surface area contributed by atoms with Crippen LogP contribution in [-0.4, -0.2) is 29.2 Å². The van der Waals surface area contributed by atoms with Gasteiger partial charge >= 0.3 is 0 Å². The minimum atomic E-state index is -3.65. The van der Waals surface area contributed by atoms with Crippen molar-refractivity contribution in [3.63, 3.8) is 0 Å². The van der Waals surface area contributed by atoms with Crippen LogP contribution in [0.15, 0.2) is 35.2 Å². The third kappa shape index (κ3) is 3.79. The molecule has 0 bridgehead atoms. The third-order valence-corrected chi connectivity index (χ3v) is 4.36. The molecular weight excluding hydrogens is 295 g/mol. The molecule has 1 rings (SSSR count). The fraction of sp³-hybridized carbons (Fsp3) is 0.333. The lowest BCUT2D eigenvalue weighted by atomic mass is 10.4. The van der Waals surface area contributed by atoms with Crippen LogP contribution in [-0.2, 0) is 9.84 Å². The van der Waals surface area contributed by atoms with E-state index in [2.05, 4.69) is 0 Å². The lowest BCUT2D eigenvalue weighted by molar-refractivity contribution is 0.201. The van der Waals surface area contributed by atoms with E-state index in [1.807, 2.05) is 0 Å². The van der Waals surface area contributed by atoms with E-state index in [4.69, 9.17) is 34.8 Å². The second-order valence-corrected chi connectivity index (χ2v) is 7.56. The molecule has 0 aliphatic heterocycles. The summed E-state index contributed by atoms with van der Waals surface area (Å²) in [6.07, 6.45) is -1.57. The highest BCUT2D eigenvalue weighted by molar-refractivity contribution is 7.91. The van der Waals surface area contributed by atoms with Gasteiger partial charge < -0.3 is 5.11 Å². The van der Waals surface area contributed by atoms with Crippen molar-refractivity contribution >= 4 is 44.6 Å². The van der Waals surface area contributed by atoms with Crippen LogP contribution in [0.5, 0.6) is 0 Å². The molecule has 0 spiro atoms. The Kier molecular flexibility index (Phi) is 4.49. The van der Waals surface area contributed by atoms with Gasteiger partial charge in [0.2, 0.25) is 3.79 Å². The normalized spacial score (nSPS) is 14.8. The summed E-state index contributed by atoms with van der Waals surface area (Å²) in [5.74, 6) is -0.631. The predicted molar refractivity (Wildman–Crippen MR) is 64.8 cm³/mol. The van der Waals surface area contributed by atoms with Crippen LogP contribution in [0.1, 0.15) is 0 Å². The van der Waals surface area contributed by atoms with Crippen LogP contribution in [0.2, 0.25) is 0 Å². The minimum absolute atomic E-state index is 0.0864. The Morgan fingerprint density at radius 3 is 2.12 bits per heavy atom. The van der Waals surface area contributed by atoms with Gasteiger partial charge in [-0.05, 0) is 12.1 Å². The van der Waals surface area contributed by atoms with Gasteiger partial charge in [-0.25, -0.2) is 8.42 Å². The van der Waals surface area contributed by atoms with Gasteiger partial charge in [-0.3, -0.25) is 0 Å². The van der Waals surface area contributed by atoms with Gasteiger partial charge in [0.15, 0.2) is 9.84 Å². The molecule has 1 atom stereocenters. The third-order valence-electron chi connectivity index (χ3n) is 1.86. The van der Waals surface area contributed by atoms with Gasteiger partial charge in [-0.2, -0.15) is 0 Å². The molecular formula is C9H9Cl3O3S. The summed E-state index contributed by atoms with van der Waals surface area (Å²) in [5, 5.41) is 9.41. The monoisotopic (exact) mass is 302 g/mol. The van der Waals surface area contributed by atoms with Crippen molar-refractivity contribution in [1.82, 2.24) is 0 Å². The Labute approximate surface area is 109 Å². The lowest BCUT2D eigenvalue weighted by Crippen LogP contribution is -2.32. The van der Waals surface area contributed by atoms with E-state index >= 15 is 0 Å². The van der Waals surface area contributed by atoms with E-state index in [1.54, 1.807) is 18.2 Å². The second kappa shape index (κ2) is 5.10. The highest BCUT2D eigenvalue weighted by Crippen LogP contribution is 2.31. The summed E-state index contributed by atoms with van der Waals surface area (Å²) < 4.78 is 21.5. The summed E-state index contributed by atoms with van der Waals surface area (Å²) in [6.45, 7) is 0. The molecule has 1 aromatic carbocycles. The maximum Gasteiger partial charge on any atom is 0.217 e. The van der Waals surface area contributed by atoms with Gasteiger partial charge in [0, 0.05) is 0 Å². The molecule has 0 aliphatic rings. The van der Waals surface area contributed by atoms with E-state index in [1.165, 1.54) is 12.1 Å². The Morgan fingerprint density at radius 1 is 1.19 bits per heavy atom. The molecule has 7 heteroatoms. The maximum absolute atomic E-state index is 11.8. The Bertz CT molecular complexity index is 439. The van der Waals surface area contributed by atoms with Crippen LogP contribution in [0.25, 0.3) is 0 Å². The molecule has 0 radical (unpaired) electrons. The molecule has 0 heterocycles. The Hall–Kier alpha value is -0.000000000000000222. The van der Waals surface area contributed by atoms with Gasteiger partial charge in [-0.1, -0.05) is 53.0 Å². The molecule has 0 saturated heterocycles. The number of benzene rings is 1. The molecule has 16 heavy (non-hydrogen) atoms. The highest BCUT2D eigenvalue weighted by atomic mass is 35.6. The van der Waals surface area contributed by atoms with Crippen LogP contribution in [0.3, 0.4) is 0 Å². The Morgan fingerprint density at radius 2 is 1.69 bits per heavy atom. The topological polar surface area (TPSA) is 54.4 Å². The molecule has 0 saturated carbocycles. The first-order valence-electron chi connectivity index (χ1n) is 4.26. The number of hydrogen-bond acceptors (Lipinski definition) is 3. The molecule has 0 fully saturated rings. The lowest BCUT2D eigenvalue weighted by Gasteiger charge is -2.18. The molecule has 1 N–H and O–H groups in total. The molecule has 3 nitrogen and oxygen atoms in total. The fourth-order valence-electron chi connectivity index (χ4n) is 1.03. The Balaban J connectivity index is 2.90. The average Bonchev–Trinajstić information content (AvgIpc) is 2.17. The van der Waals surface area contributed by atoms with Gasteiger partial charge in [-0.15, -0.1) is 0 Å². The molecule has 0 amide bonds. The number of aliphatic hydroxyl groups is 1. The van der Waals surface area contributed by atoms with Crippen LogP contribution >= 0.6 is 34.8 Å². The van der Waals surface area contributed by atoms with Crippen molar-refractivity contribution in [1.29, 1.82) is 0 Å². The van der Waals surface area contributed by atoms with Crippen molar-refractivity contribution in [3.05, 3.63) is 30.3 Å². The molecule has 1 aromatic rings. The zero-order chi connectivity index (χ0) is 12.4. The fourth-order valence-corrected chi connectivity index (χ4v) is 2.96. The summed E-state index contributed by atoms with van der Waals surface area (Å²) >= 11 is 16.2. The first-order chi connectivity index (χ1) is 7.23. The second-order valence-electron chi connectivity index (χ2n) is 3.15. The minimum Gasteiger partial charge on any atom is -0.388 e. The van der Waals surface area contributed by atoms with E-state index in [-0.39, 0.29) is 4.90 Å². The smallest absolute Gasteiger partial charge is 0.217 e. The first kappa shape index (κ1) is 14.1. The SMILES string of the molecule is O=S(=O)(CC(O)C(Cl)(Cl)Cl)c1ccccc1. The van der Waals surface area contributed by atoms with Crippen molar-refractivity contribution in [2.24, 2.45) is 0 Å². The van der Waals surface area contributed by atoms with Crippen LogP contribution in [0.4, 0.5) is 0 Å². The number of rotatable bonds is 3. The molecule has 0 aromatic heterocycles. The highest BCUT2D eigenvalue weighted by Gasteiger charge is 2.35. The molecule has 90 valence electrons. The average molecular weight is 304 g/mol. The summed E-state index contributed by atoms with van der Waals surface area (Å²) in [4.78, 5) is 0.0864. The number of sulfone groups is 1. The summed E-state index contributed by atoms with van der Waals surface area (Å²) in [5.41, 5.74) is 0. The zero-order valence-corrected chi connectivity index (χ0v) is 11.1. The standard InChI is InChI=1S/C9H9Cl3O3S/c10-9(11,12)8(13)6-16(14,15)7-4-2-1-3-5-7/h1-5,8,13H,6H2.